The molecule has 0 radical (unpaired) electrons. The van der Waals surface area contributed by atoms with E-state index in [9.17, 15) is 0 Å². The minimum Gasteiger partial charge on any atom is -0.334 e. The van der Waals surface area contributed by atoms with Crippen LogP contribution in [-0.2, 0) is 20.0 Å². The summed E-state index contributed by atoms with van der Waals surface area (Å²) in [6.07, 6.45) is 2.75. The van der Waals surface area contributed by atoms with E-state index in [2.05, 4.69) is 27.5 Å². The minimum atomic E-state index is 0.544. The third-order valence-electron chi connectivity index (χ3n) is 2.47. The molecule has 0 unspecified atom stereocenters. The summed E-state index contributed by atoms with van der Waals surface area (Å²) in [5, 5.41) is 11.4. The molecule has 0 saturated carbocycles. The van der Waals surface area contributed by atoms with Crippen molar-refractivity contribution in [3.05, 3.63) is 17.7 Å². The Kier molecular flexibility index (Phi) is 3.53. The van der Waals surface area contributed by atoms with Crippen LogP contribution in [0.2, 0.25) is 0 Å². The molecular weight excluding hydrogens is 218 g/mol. The van der Waals surface area contributed by atoms with Crippen molar-refractivity contribution in [1.29, 1.82) is 0 Å². The highest BCUT2D eigenvalue weighted by atomic mass is 16.5. The third-order valence-corrected chi connectivity index (χ3v) is 2.47. The van der Waals surface area contributed by atoms with E-state index in [1.165, 1.54) is 0 Å². The lowest BCUT2D eigenvalue weighted by atomic mass is 10.2. The maximum Gasteiger partial charge on any atom is 0.261 e. The lowest BCUT2D eigenvalue weighted by Crippen LogP contribution is -2.12. The van der Waals surface area contributed by atoms with E-state index < -0.39 is 0 Å². The molecule has 92 valence electrons. The summed E-state index contributed by atoms with van der Waals surface area (Å²) in [4.78, 5) is 4.35. The zero-order chi connectivity index (χ0) is 12.3. The molecule has 0 aliphatic carbocycles. The summed E-state index contributed by atoms with van der Waals surface area (Å²) < 4.78 is 7.02. The van der Waals surface area contributed by atoms with Crippen LogP contribution in [0.3, 0.4) is 0 Å². The molecule has 0 spiro atoms. The molecule has 0 bridgehead atoms. The first kappa shape index (κ1) is 11.8. The zero-order valence-electron chi connectivity index (χ0n) is 10.4. The number of hydrogen-bond donors (Lipinski definition) is 1. The van der Waals surface area contributed by atoms with Crippen molar-refractivity contribution < 1.29 is 4.52 Å². The van der Waals surface area contributed by atoms with Gasteiger partial charge < -0.3 is 9.84 Å². The van der Waals surface area contributed by atoms with E-state index in [4.69, 9.17) is 4.52 Å². The van der Waals surface area contributed by atoms with Crippen LogP contribution < -0.4 is 5.32 Å². The number of aryl methyl sites for hydroxylation is 2. The highest BCUT2D eigenvalue weighted by molar-refractivity contribution is 5.55. The van der Waals surface area contributed by atoms with Crippen LogP contribution in [0.25, 0.3) is 11.5 Å². The van der Waals surface area contributed by atoms with Gasteiger partial charge in [-0.05, 0) is 13.0 Å². The Labute approximate surface area is 100 Å². The number of nitrogens with zero attached hydrogens (tertiary/aromatic N) is 4. The van der Waals surface area contributed by atoms with Gasteiger partial charge in [-0.3, -0.25) is 4.68 Å². The van der Waals surface area contributed by atoms with Crippen LogP contribution in [-0.4, -0.2) is 26.5 Å². The molecule has 0 amide bonds. The quantitative estimate of drug-likeness (QED) is 0.841. The first-order chi connectivity index (χ1) is 8.24. The van der Waals surface area contributed by atoms with E-state index in [-0.39, 0.29) is 0 Å². The van der Waals surface area contributed by atoms with Gasteiger partial charge in [0.1, 0.15) is 0 Å². The van der Waals surface area contributed by atoms with Gasteiger partial charge in [-0.2, -0.15) is 10.1 Å². The average molecular weight is 235 g/mol. The van der Waals surface area contributed by atoms with Crippen LogP contribution >= 0.6 is 0 Å². The number of nitrogens with one attached hydrogen (secondary N) is 1. The summed E-state index contributed by atoms with van der Waals surface area (Å²) in [5.41, 5.74) is 1.90. The molecule has 0 aliphatic rings. The Morgan fingerprint density at radius 1 is 1.41 bits per heavy atom. The van der Waals surface area contributed by atoms with Crippen LogP contribution in [0.4, 0.5) is 0 Å². The molecule has 2 heterocycles. The predicted molar refractivity (Wildman–Crippen MR) is 63.3 cm³/mol. The van der Waals surface area contributed by atoms with Crippen molar-refractivity contribution in [2.45, 2.75) is 26.8 Å². The Morgan fingerprint density at radius 3 is 2.94 bits per heavy atom. The molecule has 6 heteroatoms. The minimum absolute atomic E-state index is 0.544. The van der Waals surface area contributed by atoms with Gasteiger partial charge in [-0.1, -0.05) is 19.0 Å². The summed E-state index contributed by atoms with van der Waals surface area (Å²) in [6, 6.07) is 0. The van der Waals surface area contributed by atoms with Crippen LogP contribution in [0.5, 0.6) is 0 Å². The molecular formula is C11H17N5O. The van der Waals surface area contributed by atoms with E-state index in [1.54, 1.807) is 4.68 Å². The summed E-state index contributed by atoms with van der Waals surface area (Å²) in [6.45, 7) is 5.61. The van der Waals surface area contributed by atoms with Crippen molar-refractivity contribution in [3.63, 3.8) is 0 Å². The van der Waals surface area contributed by atoms with Crippen LogP contribution in [0, 0.1) is 0 Å². The first-order valence-corrected chi connectivity index (χ1v) is 5.80. The number of hydrogen-bond acceptors (Lipinski definition) is 5. The molecule has 2 aromatic heterocycles. The highest BCUT2D eigenvalue weighted by Crippen LogP contribution is 2.21. The normalized spacial score (nSPS) is 11.0. The number of aromatic nitrogens is 4. The van der Waals surface area contributed by atoms with Crippen LogP contribution in [0.1, 0.15) is 25.4 Å². The van der Waals surface area contributed by atoms with Crippen molar-refractivity contribution in [2.75, 3.05) is 6.54 Å². The van der Waals surface area contributed by atoms with Gasteiger partial charge in [0.05, 0.1) is 17.8 Å². The van der Waals surface area contributed by atoms with Crippen molar-refractivity contribution in [2.24, 2.45) is 7.05 Å². The number of rotatable bonds is 5. The van der Waals surface area contributed by atoms with Crippen molar-refractivity contribution >= 4 is 0 Å². The summed E-state index contributed by atoms with van der Waals surface area (Å²) in [5.74, 6) is 1.22. The molecule has 6 nitrogen and oxygen atoms in total. The van der Waals surface area contributed by atoms with E-state index in [0.717, 1.165) is 24.2 Å². The topological polar surface area (TPSA) is 68.8 Å². The lowest BCUT2D eigenvalue weighted by molar-refractivity contribution is 0.419. The van der Waals surface area contributed by atoms with E-state index in [0.29, 0.717) is 18.3 Å². The Bertz CT molecular complexity index is 488. The highest BCUT2D eigenvalue weighted by Gasteiger charge is 2.15. The Morgan fingerprint density at radius 2 is 2.24 bits per heavy atom. The third kappa shape index (κ3) is 2.52. The van der Waals surface area contributed by atoms with Gasteiger partial charge in [0.25, 0.3) is 5.89 Å². The second-order valence-electron chi connectivity index (χ2n) is 3.81. The fraction of sp³-hybridized carbons (Fsp3) is 0.545. The van der Waals surface area contributed by atoms with Gasteiger partial charge >= 0.3 is 0 Å². The molecule has 1 N–H and O–H groups in total. The Hall–Kier alpha value is -1.69. The standard InChI is InChI=1S/C11H17N5O/c1-4-9-8(7-16(3)14-9)11-13-10(15-17-11)6-12-5-2/h7,12H,4-6H2,1-3H3. The zero-order valence-corrected chi connectivity index (χ0v) is 10.4. The van der Waals surface area contributed by atoms with Gasteiger partial charge in [-0.25, -0.2) is 0 Å². The fourth-order valence-corrected chi connectivity index (χ4v) is 1.65. The first-order valence-electron chi connectivity index (χ1n) is 5.80. The maximum absolute atomic E-state index is 5.25. The lowest BCUT2D eigenvalue weighted by Gasteiger charge is -1.93. The molecule has 0 atom stereocenters. The molecule has 0 aromatic carbocycles. The largest absolute Gasteiger partial charge is 0.334 e. The van der Waals surface area contributed by atoms with Gasteiger partial charge in [0, 0.05) is 13.2 Å². The van der Waals surface area contributed by atoms with Crippen molar-refractivity contribution in [3.8, 4) is 11.5 Å². The van der Waals surface area contributed by atoms with Gasteiger partial charge in [-0.15, -0.1) is 0 Å². The molecule has 0 fully saturated rings. The smallest absolute Gasteiger partial charge is 0.261 e. The molecule has 2 aromatic rings. The fourth-order valence-electron chi connectivity index (χ4n) is 1.65. The monoisotopic (exact) mass is 235 g/mol. The summed E-state index contributed by atoms with van der Waals surface area (Å²) >= 11 is 0. The van der Waals surface area contributed by atoms with Crippen LogP contribution in [0.15, 0.2) is 10.7 Å². The Balaban J connectivity index is 2.23. The van der Waals surface area contributed by atoms with E-state index in [1.807, 2.05) is 20.2 Å². The van der Waals surface area contributed by atoms with Gasteiger partial charge in [0.2, 0.25) is 0 Å². The van der Waals surface area contributed by atoms with Gasteiger partial charge in [0.15, 0.2) is 5.82 Å². The second kappa shape index (κ2) is 5.09. The SMILES string of the molecule is CCNCc1noc(-c2cn(C)nc2CC)n1. The average Bonchev–Trinajstić information content (AvgIpc) is 2.92. The molecule has 0 aliphatic heterocycles. The second-order valence-corrected chi connectivity index (χ2v) is 3.81. The van der Waals surface area contributed by atoms with Crippen molar-refractivity contribution in [1.82, 2.24) is 25.2 Å². The summed E-state index contributed by atoms with van der Waals surface area (Å²) in [7, 11) is 1.89. The molecule has 0 saturated heterocycles. The molecule has 2 rings (SSSR count). The predicted octanol–water partition coefficient (Wildman–Crippen LogP) is 1.14. The maximum atomic E-state index is 5.25. The van der Waals surface area contributed by atoms with E-state index >= 15 is 0 Å². The molecule has 17 heavy (non-hydrogen) atoms.